The Morgan fingerprint density at radius 1 is 1.20 bits per heavy atom. The number of amides is 1. The molecule has 3 heterocycles. The Kier molecular flexibility index (Phi) is 6.15. The maximum atomic E-state index is 13.6. The van der Waals surface area contributed by atoms with Gasteiger partial charge in [-0.1, -0.05) is 36.2 Å². The van der Waals surface area contributed by atoms with Crippen molar-refractivity contribution < 1.29 is 4.79 Å². The second kappa shape index (κ2) is 8.97. The van der Waals surface area contributed by atoms with Crippen LogP contribution in [-0.2, 0) is 0 Å². The van der Waals surface area contributed by atoms with Crippen LogP contribution in [0.4, 0.5) is 5.95 Å². The van der Waals surface area contributed by atoms with E-state index >= 15 is 0 Å². The first-order valence-electron chi connectivity index (χ1n) is 9.72. The van der Waals surface area contributed by atoms with Crippen LogP contribution in [0.15, 0.2) is 43.0 Å². The highest BCUT2D eigenvalue weighted by atomic mass is 35.5. The maximum Gasteiger partial charge on any atom is 0.257 e. The second-order valence-electron chi connectivity index (χ2n) is 7.24. The molecule has 8 nitrogen and oxygen atoms in total. The van der Waals surface area contributed by atoms with E-state index in [1.165, 1.54) is 17.2 Å². The predicted molar refractivity (Wildman–Crippen MR) is 115 cm³/mol. The molecule has 30 heavy (non-hydrogen) atoms. The Bertz CT molecular complexity index is 1010. The minimum atomic E-state index is -0.136. The summed E-state index contributed by atoms with van der Waals surface area (Å²) < 4.78 is 0. The number of rotatable bonds is 5. The lowest BCUT2D eigenvalue weighted by Gasteiger charge is -2.40. The topological polar surface area (TPSA) is 88.8 Å². The van der Waals surface area contributed by atoms with E-state index in [0.29, 0.717) is 46.3 Å². The number of piperidine rings is 1. The number of hydrogen-bond acceptors (Lipinski definition) is 6. The van der Waals surface area contributed by atoms with Crippen molar-refractivity contribution >= 4 is 35.1 Å². The van der Waals surface area contributed by atoms with Crippen LogP contribution in [0.25, 0.3) is 5.69 Å². The lowest BCUT2D eigenvalue weighted by molar-refractivity contribution is 0.0539. The van der Waals surface area contributed by atoms with Crippen LogP contribution < -0.4 is 5.32 Å². The number of carbonyl (C=O) groups is 1. The molecule has 4 rings (SSSR count). The van der Waals surface area contributed by atoms with E-state index < -0.39 is 0 Å². The molecule has 0 aliphatic carbocycles. The van der Waals surface area contributed by atoms with Gasteiger partial charge in [0.1, 0.15) is 0 Å². The van der Waals surface area contributed by atoms with Crippen LogP contribution >= 0.6 is 23.2 Å². The van der Waals surface area contributed by atoms with Crippen molar-refractivity contribution in [2.24, 2.45) is 5.92 Å². The van der Waals surface area contributed by atoms with Crippen LogP contribution in [0, 0.1) is 5.92 Å². The Labute approximate surface area is 184 Å². The van der Waals surface area contributed by atoms with E-state index in [4.69, 9.17) is 23.2 Å². The summed E-state index contributed by atoms with van der Waals surface area (Å²) in [6, 6.07) is 5.25. The van der Waals surface area contributed by atoms with Gasteiger partial charge in [0.2, 0.25) is 5.95 Å². The molecule has 1 saturated heterocycles. The van der Waals surface area contributed by atoms with Crippen LogP contribution in [0.3, 0.4) is 0 Å². The smallest absolute Gasteiger partial charge is 0.257 e. The minimum Gasteiger partial charge on any atom is -0.352 e. The SMILES string of the molecule is CC1CCCN(C(=O)c2c(Cl)cccc2-n2nccn2)C1CNc1ncc(Cl)cn1. The lowest BCUT2D eigenvalue weighted by Crippen LogP contribution is -2.51. The van der Waals surface area contributed by atoms with Crippen LogP contribution in [-0.4, -0.2) is 54.9 Å². The predicted octanol–water partition coefficient (Wildman–Crippen LogP) is 3.72. The molecule has 1 aliphatic rings. The van der Waals surface area contributed by atoms with Gasteiger partial charge in [0.05, 0.1) is 52.1 Å². The maximum absolute atomic E-state index is 13.6. The van der Waals surface area contributed by atoms with E-state index in [9.17, 15) is 4.79 Å². The molecule has 1 fully saturated rings. The fourth-order valence-corrected chi connectivity index (χ4v) is 4.13. The van der Waals surface area contributed by atoms with E-state index in [2.05, 4.69) is 32.4 Å². The first-order chi connectivity index (χ1) is 14.5. The number of nitrogens with one attached hydrogen (secondary N) is 1. The highest BCUT2D eigenvalue weighted by molar-refractivity contribution is 6.34. The fraction of sp³-hybridized carbons (Fsp3) is 0.350. The van der Waals surface area contributed by atoms with Crippen molar-refractivity contribution in [2.45, 2.75) is 25.8 Å². The van der Waals surface area contributed by atoms with Crippen LogP contribution in [0.5, 0.6) is 0 Å². The average molecular weight is 446 g/mol. The standard InChI is InChI=1S/C20H21Cl2N7O/c1-13-4-3-9-28(17(13)12-25-20-23-10-14(21)11-24-20)19(30)18-15(22)5-2-6-16(18)29-26-7-8-27-29/h2,5-8,10-11,13,17H,3-4,9,12H2,1H3,(H,23,24,25). The van der Waals surface area contributed by atoms with E-state index in [0.717, 1.165) is 12.8 Å². The van der Waals surface area contributed by atoms with E-state index in [-0.39, 0.29) is 11.9 Å². The molecule has 3 aromatic rings. The Morgan fingerprint density at radius 2 is 1.93 bits per heavy atom. The monoisotopic (exact) mass is 445 g/mol. The molecule has 156 valence electrons. The third-order valence-electron chi connectivity index (χ3n) is 5.31. The zero-order chi connectivity index (χ0) is 21.1. The highest BCUT2D eigenvalue weighted by Gasteiger charge is 2.34. The van der Waals surface area contributed by atoms with Crippen molar-refractivity contribution in [1.82, 2.24) is 29.9 Å². The zero-order valence-corrected chi connectivity index (χ0v) is 17.9. The molecule has 1 aromatic carbocycles. The van der Waals surface area contributed by atoms with Crippen molar-refractivity contribution in [1.29, 1.82) is 0 Å². The first-order valence-corrected chi connectivity index (χ1v) is 10.5. The van der Waals surface area contributed by atoms with Gasteiger partial charge in [0.15, 0.2) is 0 Å². The molecule has 2 unspecified atom stereocenters. The normalized spacial score (nSPS) is 19.0. The summed E-state index contributed by atoms with van der Waals surface area (Å²) in [5.41, 5.74) is 0.959. The van der Waals surface area contributed by atoms with Gasteiger partial charge < -0.3 is 10.2 Å². The summed E-state index contributed by atoms with van der Waals surface area (Å²) >= 11 is 12.3. The van der Waals surface area contributed by atoms with Gasteiger partial charge in [-0.15, -0.1) is 0 Å². The van der Waals surface area contributed by atoms with Gasteiger partial charge in [-0.2, -0.15) is 15.0 Å². The van der Waals surface area contributed by atoms with Gasteiger partial charge in [-0.3, -0.25) is 4.79 Å². The molecule has 2 atom stereocenters. The van der Waals surface area contributed by atoms with Gasteiger partial charge in [-0.25, -0.2) is 9.97 Å². The fourth-order valence-electron chi connectivity index (χ4n) is 3.79. The van der Waals surface area contributed by atoms with Gasteiger partial charge in [0, 0.05) is 13.1 Å². The Hall–Kier alpha value is -2.71. The Balaban J connectivity index is 1.61. The number of hydrogen-bond donors (Lipinski definition) is 1. The van der Waals surface area contributed by atoms with E-state index in [1.54, 1.807) is 30.6 Å². The summed E-state index contributed by atoms with van der Waals surface area (Å²) in [5.74, 6) is 0.642. The molecular weight excluding hydrogens is 425 g/mol. The summed E-state index contributed by atoms with van der Waals surface area (Å²) in [6.45, 7) is 3.32. The molecule has 0 bridgehead atoms. The molecule has 0 spiro atoms. The summed E-state index contributed by atoms with van der Waals surface area (Å²) in [7, 11) is 0. The van der Waals surface area contributed by atoms with Crippen molar-refractivity contribution in [2.75, 3.05) is 18.4 Å². The van der Waals surface area contributed by atoms with Crippen molar-refractivity contribution in [3.8, 4) is 5.69 Å². The summed E-state index contributed by atoms with van der Waals surface area (Å²) in [4.78, 5) is 25.3. The number of likely N-dealkylation sites (tertiary alicyclic amines) is 1. The van der Waals surface area contributed by atoms with Crippen molar-refractivity contribution in [3.63, 3.8) is 0 Å². The number of anilines is 1. The van der Waals surface area contributed by atoms with Crippen LogP contribution in [0.1, 0.15) is 30.1 Å². The lowest BCUT2D eigenvalue weighted by atomic mass is 9.90. The number of nitrogens with zero attached hydrogens (tertiary/aromatic N) is 6. The molecule has 2 aromatic heterocycles. The van der Waals surface area contributed by atoms with Gasteiger partial charge in [-0.05, 0) is 30.9 Å². The molecule has 1 amide bonds. The molecule has 0 saturated carbocycles. The highest BCUT2D eigenvalue weighted by Crippen LogP contribution is 2.30. The molecule has 1 aliphatic heterocycles. The largest absolute Gasteiger partial charge is 0.352 e. The average Bonchev–Trinajstić information content (AvgIpc) is 3.28. The third kappa shape index (κ3) is 4.24. The molecule has 0 radical (unpaired) electrons. The minimum absolute atomic E-state index is 0.0415. The molecule has 1 N–H and O–H groups in total. The summed E-state index contributed by atoms with van der Waals surface area (Å²) in [6.07, 6.45) is 8.18. The van der Waals surface area contributed by atoms with Gasteiger partial charge >= 0.3 is 0 Å². The number of aromatic nitrogens is 5. The van der Waals surface area contributed by atoms with E-state index in [1.807, 2.05) is 4.90 Å². The van der Waals surface area contributed by atoms with Crippen LogP contribution in [0.2, 0.25) is 10.0 Å². The number of benzene rings is 1. The molecular formula is C20H21Cl2N7O. The summed E-state index contributed by atoms with van der Waals surface area (Å²) in [5, 5.41) is 12.4. The number of carbonyl (C=O) groups excluding carboxylic acids is 1. The molecule has 10 heteroatoms. The second-order valence-corrected chi connectivity index (χ2v) is 8.09. The third-order valence-corrected chi connectivity index (χ3v) is 5.82. The quantitative estimate of drug-likeness (QED) is 0.643. The zero-order valence-electron chi connectivity index (χ0n) is 16.4. The Morgan fingerprint density at radius 3 is 2.67 bits per heavy atom. The van der Waals surface area contributed by atoms with Gasteiger partial charge in [0.25, 0.3) is 5.91 Å². The van der Waals surface area contributed by atoms with Crippen molar-refractivity contribution in [3.05, 3.63) is 58.6 Å². The first kappa shape index (κ1) is 20.6. The number of halogens is 2.